The maximum Gasteiger partial charge on any atom is 0.335 e. The average molecular weight is 313 g/mol. The van der Waals surface area contributed by atoms with E-state index in [-0.39, 0.29) is 6.10 Å². The van der Waals surface area contributed by atoms with Crippen LogP contribution < -0.4 is 5.32 Å². The van der Waals surface area contributed by atoms with E-state index in [1.165, 1.54) is 5.56 Å². The smallest absolute Gasteiger partial charge is 0.335 e. The first kappa shape index (κ1) is 17.2. The van der Waals surface area contributed by atoms with Gasteiger partial charge < -0.3 is 15.2 Å². The van der Waals surface area contributed by atoms with Gasteiger partial charge in [-0.3, -0.25) is 0 Å². The predicted octanol–water partition coefficient (Wildman–Crippen LogP) is 3.64. The van der Waals surface area contributed by atoms with Gasteiger partial charge in [0.15, 0.2) is 0 Å². The highest BCUT2D eigenvalue weighted by molar-refractivity contribution is 5.87. The van der Waals surface area contributed by atoms with Crippen LogP contribution in [-0.2, 0) is 11.3 Å². The van der Waals surface area contributed by atoms with Gasteiger partial charge in [0, 0.05) is 13.2 Å². The number of carbonyl (C=O) groups is 1. The SMILES string of the molecule is CC(OCCCNCc1ccc(C(=O)O)cc1)c1ccccc1. The van der Waals surface area contributed by atoms with Crippen LogP contribution in [0.2, 0.25) is 0 Å². The van der Waals surface area contributed by atoms with E-state index in [0.29, 0.717) is 12.2 Å². The molecule has 0 radical (unpaired) electrons. The summed E-state index contributed by atoms with van der Waals surface area (Å²) in [5, 5.41) is 12.2. The van der Waals surface area contributed by atoms with Gasteiger partial charge in [-0.25, -0.2) is 4.79 Å². The van der Waals surface area contributed by atoms with Crippen molar-refractivity contribution in [3.63, 3.8) is 0 Å². The van der Waals surface area contributed by atoms with Crippen molar-refractivity contribution >= 4 is 5.97 Å². The molecule has 0 spiro atoms. The van der Waals surface area contributed by atoms with Crippen LogP contribution in [0, 0.1) is 0 Å². The van der Waals surface area contributed by atoms with E-state index >= 15 is 0 Å². The standard InChI is InChI=1S/C19H23NO3/c1-15(17-6-3-2-4-7-17)23-13-5-12-20-14-16-8-10-18(11-9-16)19(21)22/h2-4,6-11,15,20H,5,12-14H2,1H3,(H,21,22). The quantitative estimate of drug-likeness (QED) is 0.694. The second kappa shape index (κ2) is 9.08. The zero-order chi connectivity index (χ0) is 16.5. The minimum Gasteiger partial charge on any atom is -0.478 e. The van der Waals surface area contributed by atoms with Crippen LogP contribution in [0.5, 0.6) is 0 Å². The van der Waals surface area contributed by atoms with E-state index in [1.807, 2.05) is 30.3 Å². The van der Waals surface area contributed by atoms with Crippen molar-refractivity contribution in [1.82, 2.24) is 5.32 Å². The molecule has 0 aliphatic heterocycles. The molecule has 0 amide bonds. The Bertz CT molecular complexity index is 596. The maximum absolute atomic E-state index is 10.8. The maximum atomic E-state index is 10.8. The Morgan fingerprint density at radius 3 is 2.48 bits per heavy atom. The molecular formula is C19H23NO3. The third kappa shape index (κ3) is 5.85. The molecule has 0 aliphatic rings. The van der Waals surface area contributed by atoms with Crippen molar-refractivity contribution in [1.29, 1.82) is 0 Å². The summed E-state index contributed by atoms with van der Waals surface area (Å²) in [5.41, 5.74) is 2.59. The Morgan fingerprint density at radius 1 is 1.13 bits per heavy atom. The van der Waals surface area contributed by atoms with E-state index in [4.69, 9.17) is 9.84 Å². The molecule has 1 atom stereocenters. The fourth-order valence-corrected chi connectivity index (χ4v) is 2.28. The van der Waals surface area contributed by atoms with Crippen molar-refractivity contribution in [2.24, 2.45) is 0 Å². The highest BCUT2D eigenvalue weighted by atomic mass is 16.5. The molecule has 23 heavy (non-hydrogen) atoms. The monoisotopic (exact) mass is 313 g/mol. The third-order valence-electron chi connectivity index (χ3n) is 3.66. The van der Waals surface area contributed by atoms with Crippen LogP contribution in [0.4, 0.5) is 0 Å². The summed E-state index contributed by atoms with van der Waals surface area (Å²) in [4.78, 5) is 10.8. The first-order valence-electron chi connectivity index (χ1n) is 7.86. The second-order valence-electron chi connectivity index (χ2n) is 5.46. The van der Waals surface area contributed by atoms with Gasteiger partial charge in [0.2, 0.25) is 0 Å². The molecule has 0 aromatic heterocycles. The van der Waals surface area contributed by atoms with Gasteiger partial charge >= 0.3 is 5.97 Å². The first-order chi connectivity index (χ1) is 11.2. The Labute approximate surface area is 137 Å². The van der Waals surface area contributed by atoms with Gasteiger partial charge in [-0.15, -0.1) is 0 Å². The summed E-state index contributed by atoms with van der Waals surface area (Å²) < 4.78 is 5.82. The van der Waals surface area contributed by atoms with E-state index < -0.39 is 5.97 Å². The number of aromatic carboxylic acids is 1. The van der Waals surface area contributed by atoms with Crippen molar-refractivity contribution in [2.75, 3.05) is 13.2 Å². The molecule has 0 saturated carbocycles. The zero-order valence-corrected chi connectivity index (χ0v) is 13.4. The molecule has 0 aliphatic carbocycles. The molecule has 0 fully saturated rings. The number of carboxylic acid groups (broad SMARTS) is 1. The lowest BCUT2D eigenvalue weighted by molar-refractivity contribution is 0.0640. The lowest BCUT2D eigenvalue weighted by Crippen LogP contribution is -2.16. The summed E-state index contributed by atoms with van der Waals surface area (Å²) in [6.45, 7) is 4.37. The summed E-state index contributed by atoms with van der Waals surface area (Å²) in [6, 6.07) is 17.1. The molecule has 0 bridgehead atoms. The molecule has 2 aromatic rings. The largest absolute Gasteiger partial charge is 0.478 e. The van der Waals surface area contributed by atoms with E-state index in [1.54, 1.807) is 12.1 Å². The lowest BCUT2D eigenvalue weighted by atomic mass is 10.1. The normalized spacial score (nSPS) is 12.0. The van der Waals surface area contributed by atoms with Crippen molar-refractivity contribution < 1.29 is 14.6 Å². The summed E-state index contributed by atoms with van der Waals surface area (Å²) in [6.07, 6.45) is 1.05. The number of carboxylic acids is 1. The summed E-state index contributed by atoms with van der Waals surface area (Å²) >= 11 is 0. The Kier molecular flexibility index (Phi) is 6.78. The minimum absolute atomic E-state index is 0.111. The molecule has 122 valence electrons. The van der Waals surface area contributed by atoms with Gasteiger partial charge in [0.25, 0.3) is 0 Å². The van der Waals surface area contributed by atoms with Crippen LogP contribution >= 0.6 is 0 Å². The third-order valence-corrected chi connectivity index (χ3v) is 3.66. The average Bonchev–Trinajstić information content (AvgIpc) is 2.59. The van der Waals surface area contributed by atoms with Crippen molar-refractivity contribution in [2.45, 2.75) is 26.0 Å². The van der Waals surface area contributed by atoms with Gasteiger partial charge in [0.1, 0.15) is 0 Å². The molecule has 2 N–H and O–H groups in total. The summed E-state index contributed by atoms with van der Waals surface area (Å²) in [7, 11) is 0. The van der Waals surface area contributed by atoms with Crippen molar-refractivity contribution in [3.8, 4) is 0 Å². The summed E-state index contributed by atoms with van der Waals surface area (Å²) in [5.74, 6) is -0.894. The Hall–Kier alpha value is -2.17. The van der Waals surface area contributed by atoms with Gasteiger partial charge in [-0.2, -0.15) is 0 Å². The molecule has 0 heterocycles. The lowest BCUT2D eigenvalue weighted by Gasteiger charge is -2.13. The van der Waals surface area contributed by atoms with Crippen molar-refractivity contribution in [3.05, 3.63) is 71.3 Å². The van der Waals surface area contributed by atoms with Gasteiger partial charge in [-0.05, 0) is 43.1 Å². The molecule has 1 unspecified atom stereocenters. The Balaban J connectivity index is 1.60. The Morgan fingerprint density at radius 2 is 1.83 bits per heavy atom. The highest BCUT2D eigenvalue weighted by Crippen LogP contribution is 2.15. The molecular weight excluding hydrogens is 290 g/mol. The number of nitrogens with one attached hydrogen (secondary N) is 1. The molecule has 2 rings (SSSR count). The topological polar surface area (TPSA) is 58.6 Å². The zero-order valence-electron chi connectivity index (χ0n) is 13.4. The van der Waals surface area contributed by atoms with E-state index in [2.05, 4.69) is 24.4 Å². The van der Waals surface area contributed by atoms with Gasteiger partial charge in [0.05, 0.1) is 11.7 Å². The fraction of sp³-hybridized carbons (Fsp3) is 0.316. The van der Waals surface area contributed by atoms with Crippen LogP contribution in [0.1, 0.15) is 40.9 Å². The number of rotatable bonds is 9. The first-order valence-corrected chi connectivity index (χ1v) is 7.86. The highest BCUT2D eigenvalue weighted by Gasteiger charge is 2.04. The van der Waals surface area contributed by atoms with Crippen LogP contribution in [0.15, 0.2) is 54.6 Å². The number of ether oxygens (including phenoxy) is 1. The number of hydrogen-bond acceptors (Lipinski definition) is 3. The van der Waals surface area contributed by atoms with E-state index in [9.17, 15) is 4.79 Å². The minimum atomic E-state index is -0.894. The van der Waals surface area contributed by atoms with Gasteiger partial charge in [-0.1, -0.05) is 42.5 Å². The van der Waals surface area contributed by atoms with Crippen LogP contribution in [0.25, 0.3) is 0 Å². The molecule has 4 nitrogen and oxygen atoms in total. The molecule has 0 saturated heterocycles. The number of benzene rings is 2. The predicted molar refractivity (Wildman–Crippen MR) is 90.5 cm³/mol. The van der Waals surface area contributed by atoms with Crippen LogP contribution in [0.3, 0.4) is 0 Å². The fourth-order valence-electron chi connectivity index (χ4n) is 2.28. The van der Waals surface area contributed by atoms with E-state index in [0.717, 1.165) is 25.1 Å². The second-order valence-corrected chi connectivity index (χ2v) is 5.46. The number of hydrogen-bond donors (Lipinski definition) is 2. The molecule has 2 aromatic carbocycles. The molecule has 4 heteroatoms. The van der Waals surface area contributed by atoms with Crippen LogP contribution in [-0.4, -0.2) is 24.2 Å².